The summed E-state index contributed by atoms with van der Waals surface area (Å²) in [5.41, 5.74) is 1.82. The first-order valence-corrected chi connectivity index (χ1v) is 6.99. The van der Waals surface area contributed by atoms with E-state index in [9.17, 15) is 4.39 Å². The van der Waals surface area contributed by atoms with Crippen LogP contribution in [-0.2, 0) is 0 Å². The van der Waals surface area contributed by atoms with Crippen LogP contribution in [-0.4, -0.2) is 6.54 Å². The second-order valence-corrected chi connectivity index (χ2v) is 5.77. The zero-order chi connectivity index (χ0) is 13.1. The summed E-state index contributed by atoms with van der Waals surface area (Å²) in [6.45, 7) is 6.89. The number of halogens is 1. The summed E-state index contributed by atoms with van der Waals surface area (Å²) in [5.74, 6) is -0.142. The number of hydrogen-bond donors (Lipinski definition) is 1. The van der Waals surface area contributed by atoms with Gasteiger partial charge in [-0.15, -0.1) is 11.3 Å². The Morgan fingerprint density at radius 1 is 1.22 bits per heavy atom. The summed E-state index contributed by atoms with van der Waals surface area (Å²) in [5, 5.41) is 3.46. The fourth-order valence-electron chi connectivity index (χ4n) is 2.04. The molecule has 0 aliphatic heterocycles. The van der Waals surface area contributed by atoms with Crippen LogP contribution in [0.15, 0.2) is 30.3 Å². The summed E-state index contributed by atoms with van der Waals surface area (Å²) in [4.78, 5) is 2.58. The topological polar surface area (TPSA) is 12.0 Å². The monoisotopic (exact) mass is 263 g/mol. The van der Waals surface area contributed by atoms with Crippen LogP contribution in [0.1, 0.15) is 33.8 Å². The van der Waals surface area contributed by atoms with E-state index in [0.717, 1.165) is 12.1 Å². The third-order valence-electron chi connectivity index (χ3n) is 2.97. The van der Waals surface area contributed by atoms with E-state index in [-0.39, 0.29) is 11.9 Å². The van der Waals surface area contributed by atoms with Crippen molar-refractivity contribution in [2.75, 3.05) is 6.54 Å². The quantitative estimate of drug-likeness (QED) is 0.871. The zero-order valence-corrected chi connectivity index (χ0v) is 11.8. The average molecular weight is 263 g/mol. The van der Waals surface area contributed by atoms with Crippen molar-refractivity contribution < 1.29 is 4.39 Å². The molecule has 1 N–H and O–H groups in total. The number of rotatable bonds is 4. The molecule has 0 aliphatic rings. The van der Waals surface area contributed by atoms with Gasteiger partial charge in [-0.25, -0.2) is 4.39 Å². The number of hydrogen-bond acceptors (Lipinski definition) is 2. The minimum atomic E-state index is -0.142. The van der Waals surface area contributed by atoms with Gasteiger partial charge in [-0.3, -0.25) is 0 Å². The smallest absolute Gasteiger partial charge is 0.126 e. The Morgan fingerprint density at radius 3 is 2.56 bits per heavy atom. The molecular weight excluding hydrogens is 245 g/mol. The maximum Gasteiger partial charge on any atom is 0.126 e. The maximum atomic E-state index is 13.3. The molecule has 1 atom stereocenters. The minimum Gasteiger partial charge on any atom is -0.306 e. The molecule has 3 heteroatoms. The van der Waals surface area contributed by atoms with Gasteiger partial charge in [0.05, 0.1) is 6.04 Å². The third-order valence-corrected chi connectivity index (χ3v) is 4.03. The average Bonchev–Trinajstić information content (AvgIpc) is 2.76. The Balaban J connectivity index is 2.37. The lowest BCUT2D eigenvalue weighted by Crippen LogP contribution is -2.21. The van der Waals surface area contributed by atoms with Crippen LogP contribution < -0.4 is 5.32 Å². The summed E-state index contributed by atoms with van der Waals surface area (Å²) in [7, 11) is 0. The predicted octanol–water partition coefficient (Wildman–Crippen LogP) is 4.20. The van der Waals surface area contributed by atoms with Gasteiger partial charge in [-0.2, -0.15) is 0 Å². The van der Waals surface area contributed by atoms with Gasteiger partial charge in [0, 0.05) is 9.75 Å². The molecule has 2 aromatic rings. The highest BCUT2D eigenvalue weighted by Gasteiger charge is 2.15. The Morgan fingerprint density at radius 2 is 2.00 bits per heavy atom. The second-order valence-electron chi connectivity index (χ2n) is 4.45. The molecule has 1 nitrogen and oxygen atoms in total. The van der Waals surface area contributed by atoms with Crippen LogP contribution in [0, 0.1) is 19.7 Å². The standard InChI is InChI=1S/C15H18FNS/c1-4-17-15(14-8-5-11(3)18-14)12-6-7-13(16)10(2)9-12/h5-9,15,17H,4H2,1-3H3. The largest absolute Gasteiger partial charge is 0.306 e. The van der Waals surface area contributed by atoms with E-state index < -0.39 is 0 Å². The Hall–Kier alpha value is -1.19. The molecule has 96 valence electrons. The molecule has 0 amide bonds. The molecule has 0 bridgehead atoms. The molecule has 0 fully saturated rings. The van der Waals surface area contributed by atoms with Crippen molar-refractivity contribution in [1.82, 2.24) is 5.32 Å². The first-order chi connectivity index (χ1) is 8.61. The Bertz CT molecular complexity index is 533. The first-order valence-electron chi connectivity index (χ1n) is 6.17. The molecule has 0 aliphatic carbocycles. The van der Waals surface area contributed by atoms with Crippen molar-refractivity contribution in [1.29, 1.82) is 0 Å². The van der Waals surface area contributed by atoms with E-state index in [0.29, 0.717) is 5.56 Å². The predicted molar refractivity (Wildman–Crippen MR) is 75.7 cm³/mol. The molecule has 0 saturated carbocycles. The Labute approximate surface area is 112 Å². The Kier molecular flexibility index (Phi) is 4.15. The van der Waals surface area contributed by atoms with Crippen LogP contribution >= 0.6 is 11.3 Å². The highest BCUT2D eigenvalue weighted by atomic mass is 32.1. The molecule has 1 unspecified atom stereocenters. The van der Waals surface area contributed by atoms with E-state index in [1.165, 1.54) is 9.75 Å². The molecule has 1 heterocycles. The van der Waals surface area contributed by atoms with Crippen LogP contribution in [0.3, 0.4) is 0 Å². The van der Waals surface area contributed by atoms with Gasteiger partial charge in [0.1, 0.15) is 5.82 Å². The molecular formula is C15H18FNS. The van der Waals surface area contributed by atoms with E-state index in [1.54, 1.807) is 17.4 Å². The summed E-state index contributed by atoms with van der Waals surface area (Å²) < 4.78 is 13.3. The van der Waals surface area contributed by atoms with Crippen molar-refractivity contribution >= 4 is 11.3 Å². The van der Waals surface area contributed by atoms with Gasteiger partial charge >= 0.3 is 0 Å². The summed E-state index contributed by atoms with van der Waals surface area (Å²) in [6, 6.07) is 9.78. The molecule has 18 heavy (non-hydrogen) atoms. The zero-order valence-electron chi connectivity index (χ0n) is 11.0. The fourth-order valence-corrected chi connectivity index (χ4v) is 3.02. The first kappa shape index (κ1) is 13.2. The van der Waals surface area contributed by atoms with Crippen LogP contribution in [0.4, 0.5) is 4.39 Å². The van der Waals surface area contributed by atoms with Gasteiger partial charge in [0.15, 0.2) is 0 Å². The number of aryl methyl sites for hydroxylation is 2. The van der Waals surface area contributed by atoms with Crippen molar-refractivity contribution in [3.05, 3.63) is 57.0 Å². The third kappa shape index (κ3) is 2.79. The molecule has 0 spiro atoms. The van der Waals surface area contributed by atoms with E-state index in [2.05, 4.69) is 31.3 Å². The van der Waals surface area contributed by atoms with Crippen molar-refractivity contribution in [3.8, 4) is 0 Å². The van der Waals surface area contributed by atoms with E-state index in [1.807, 2.05) is 19.1 Å². The summed E-state index contributed by atoms with van der Waals surface area (Å²) >= 11 is 1.78. The lowest BCUT2D eigenvalue weighted by molar-refractivity contribution is 0.609. The molecule has 1 aromatic heterocycles. The van der Waals surface area contributed by atoms with Gasteiger partial charge in [0.2, 0.25) is 0 Å². The van der Waals surface area contributed by atoms with E-state index in [4.69, 9.17) is 0 Å². The maximum absolute atomic E-state index is 13.3. The van der Waals surface area contributed by atoms with Gasteiger partial charge in [0.25, 0.3) is 0 Å². The van der Waals surface area contributed by atoms with Gasteiger partial charge in [-0.1, -0.05) is 19.1 Å². The van der Waals surface area contributed by atoms with Crippen LogP contribution in [0.5, 0.6) is 0 Å². The van der Waals surface area contributed by atoms with Crippen LogP contribution in [0.25, 0.3) is 0 Å². The van der Waals surface area contributed by atoms with Crippen molar-refractivity contribution in [2.24, 2.45) is 0 Å². The SMILES string of the molecule is CCNC(c1ccc(F)c(C)c1)c1ccc(C)s1. The number of benzene rings is 1. The summed E-state index contributed by atoms with van der Waals surface area (Å²) in [6.07, 6.45) is 0. The molecule has 2 rings (SSSR count). The van der Waals surface area contributed by atoms with Crippen molar-refractivity contribution in [3.63, 3.8) is 0 Å². The van der Waals surface area contributed by atoms with Crippen molar-refractivity contribution in [2.45, 2.75) is 26.8 Å². The molecule has 0 saturated heterocycles. The normalized spacial score (nSPS) is 12.7. The fraction of sp³-hybridized carbons (Fsp3) is 0.333. The second kappa shape index (κ2) is 5.63. The highest BCUT2D eigenvalue weighted by molar-refractivity contribution is 7.12. The highest BCUT2D eigenvalue weighted by Crippen LogP contribution is 2.29. The minimum absolute atomic E-state index is 0.142. The molecule has 0 radical (unpaired) electrons. The number of nitrogens with one attached hydrogen (secondary N) is 1. The van der Waals surface area contributed by atoms with Gasteiger partial charge in [-0.05, 0) is 49.7 Å². The lowest BCUT2D eigenvalue weighted by Gasteiger charge is -2.17. The van der Waals surface area contributed by atoms with Crippen LogP contribution in [0.2, 0.25) is 0 Å². The van der Waals surface area contributed by atoms with Gasteiger partial charge < -0.3 is 5.32 Å². The molecule has 1 aromatic carbocycles. The van der Waals surface area contributed by atoms with E-state index >= 15 is 0 Å². The lowest BCUT2D eigenvalue weighted by atomic mass is 10.0. The number of thiophene rings is 1.